The standard InChI is InChI=1S/C6H10O2.F2HO2P/c1-3-4-8-5-6(2)7;1-5(2,3)4/h1,6-7H,4-5H2,2H3;(H,3,4). The van der Waals surface area contributed by atoms with E-state index in [9.17, 15) is 8.39 Å². The number of ether oxygens (including phenoxy) is 1. The van der Waals surface area contributed by atoms with Gasteiger partial charge in [0.2, 0.25) is 0 Å². The Morgan fingerprint density at radius 2 is 2.08 bits per heavy atom. The summed E-state index contributed by atoms with van der Waals surface area (Å²) in [5.41, 5.74) is 0. The normalized spacial score (nSPS) is 12.3. The van der Waals surface area contributed by atoms with Crippen LogP contribution in [0, 0.1) is 12.3 Å². The summed E-state index contributed by atoms with van der Waals surface area (Å²) in [4.78, 5) is 6.74. The molecule has 0 aliphatic rings. The molecule has 0 radical (unpaired) electrons. The second-order valence-electron chi connectivity index (χ2n) is 2.00. The molecule has 0 saturated carbocycles. The summed E-state index contributed by atoms with van der Waals surface area (Å²) in [6.07, 6.45) is 4.44. The Bertz CT molecular complexity index is 187. The van der Waals surface area contributed by atoms with Gasteiger partial charge in [-0.1, -0.05) is 5.92 Å². The molecule has 0 aliphatic carbocycles. The summed E-state index contributed by atoms with van der Waals surface area (Å²) in [5, 5.41) is 8.59. The summed E-state index contributed by atoms with van der Waals surface area (Å²) in [5.74, 6) is 2.29. The van der Waals surface area contributed by atoms with E-state index in [1.165, 1.54) is 0 Å². The summed E-state index contributed by atoms with van der Waals surface area (Å²) >= 11 is 0. The number of rotatable bonds is 3. The molecule has 1 atom stereocenters. The Kier molecular flexibility index (Phi) is 9.41. The Morgan fingerprint density at radius 3 is 2.31 bits per heavy atom. The van der Waals surface area contributed by atoms with Crippen molar-refractivity contribution in [1.29, 1.82) is 0 Å². The van der Waals surface area contributed by atoms with E-state index >= 15 is 0 Å². The fourth-order valence-electron chi connectivity index (χ4n) is 0.288. The average Bonchev–Trinajstić information content (AvgIpc) is 1.83. The van der Waals surface area contributed by atoms with Crippen LogP contribution < -0.4 is 0 Å². The van der Waals surface area contributed by atoms with Crippen molar-refractivity contribution < 1.29 is 27.7 Å². The molecule has 0 amide bonds. The van der Waals surface area contributed by atoms with Gasteiger partial charge in [0.1, 0.15) is 6.61 Å². The molecule has 2 N–H and O–H groups in total. The lowest BCUT2D eigenvalue weighted by molar-refractivity contribution is 0.0621. The highest BCUT2D eigenvalue weighted by Gasteiger charge is 2.09. The van der Waals surface area contributed by atoms with E-state index in [1.54, 1.807) is 6.92 Å². The number of aliphatic hydroxyl groups is 1. The van der Waals surface area contributed by atoms with Gasteiger partial charge in [-0.15, -0.1) is 14.8 Å². The SMILES string of the molecule is C#CCOCC(C)O.O=P(O)(F)F. The van der Waals surface area contributed by atoms with Gasteiger partial charge in [0.05, 0.1) is 12.7 Å². The van der Waals surface area contributed by atoms with Crippen LogP contribution in [-0.2, 0) is 9.30 Å². The van der Waals surface area contributed by atoms with E-state index in [0.717, 1.165) is 0 Å². The summed E-state index contributed by atoms with van der Waals surface area (Å²) in [7, 11) is -5.64. The number of halogens is 2. The lowest BCUT2D eigenvalue weighted by atomic mass is 10.4. The first-order valence-electron chi connectivity index (χ1n) is 3.18. The fourth-order valence-corrected chi connectivity index (χ4v) is 0.288. The maximum atomic E-state index is 10.1. The van der Waals surface area contributed by atoms with Crippen molar-refractivity contribution in [2.45, 2.75) is 13.0 Å². The smallest absolute Gasteiger partial charge is 0.391 e. The lowest BCUT2D eigenvalue weighted by Gasteiger charge is -2.00. The molecular formula is C6H11F2O4P. The first kappa shape index (κ1) is 15.0. The summed E-state index contributed by atoms with van der Waals surface area (Å²) < 4.78 is 33.5. The molecule has 0 heterocycles. The van der Waals surface area contributed by atoms with Crippen LogP contribution in [0.1, 0.15) is 6.92 Å². The molecule has 1 unspecified atom stereocenters. The van der Waals surface area contributed by atoms with E-state index in [1.807, 2.05) is 0 Å². The van der Waals surface area contributed by atoms with Crippen LogP contribution in [0.25, 0.3) is 0 Å². The van der Waals surface area contributed by atoms with E-state index in [-0.39, 0.29) is 6.61 Å². The van der Waals surface area contributed by atoms with E-state index in [0.29, 0.717) is 6.61 Å². The zero-order valence-corrected chi connectivity index (χ0v) is 7.88. The Hall–Kier alpha value is -0.470. The van der Waals surface area contributed by atoms with Crippen LogP contribution in [0.3, 0.4) is 0 Å². The molecule has 13 heavy (non-hydrogen) atoms. The molecule has 0 aromatic rings. The highest BCUT2D eigenvalue weighted by atomic mass is 31.2. The highest BCUT2D eigenvalue weighted by molar-refractivity contribution is 7.46. The maximum Gasteiger partial charge on any atom is 0.549 e. The third-order valence-electron chi connectivity index (χ3n) is 0.544. The molecule has 0 rings (SSSR count). The van der Waals surface area contributed by atoms with Gasteiger partial charge in [-0.2, -0.15) is 0 Å². The zero-order chi connectivity index (χ0) is 10.9. The second kappa shape index (κ2) is 8.14. The molecule has 7 heteroatoms. The Morgan fingerprint density at radius 1 is 1.69 bits per heavy atom. The van der Waals surface area contributed by atoms with Gasteiger partial charge in [0.25, 0.3) is 0 Å². The first-order valence-corrected chi connectivity index (χ1v) is 4.63. The third-order valence-corrected chi connectivity index (χ3v) is 0.544. The lowest BCUT2D eigenvalue weighted by Crippen LogP contribution is -2.09. The molecule has 0 saturated heterocycles. The van der Waals surface area contributed by atoms with Crippen molar-refractivity contribution in [1.82, 2.24) is 0 Å². The van der Waals surface area contributed by atoms with Gasteiger partial charge in [-0.25, -0.2) is 4.57 Å². The minimum absolute atomic E-state index is 0.283. The molecule has 0 bridgehead atoms. The van der Waals surface area contributed by atoms with Crippen molar-refractivity contribution >= 4 is 7.99 Å². The van der Waals surface area contributed by atoms with Crippen LogP contribution in [0.15, 0.2) is 0 Å². The summed E-state index contributed by atoms with van der Waals surface area (Å²) in [6.45, 7) is 2.26. The van der Waals surface area contributed by atoms with Gasteiger partial charge in [0.15, 0.2) is 0 Å². The van der Waals surface area contributed by atoms with Crippen molar-refractivity contribution in [2.75, 3.05) is 13.2 Å². The van der Waals surface area contributed by atoms with Crippen LogP contribution in [0.4, 0.5) is 8.39 Å². The molecule has 0 spiro atoms. The van der Waals surface area contributed by atoms with Gasteiger partial charge in [-0.3, -0.25) is 4.89 Å². The van der Waals surface area contributed by atoms with Crippen LogP contribution in [-0.4, -0.2) is 29.3 Å². The fraction of sp³-hybridized carbons (Fsp3) is 0.667. The highest BCUT2D eigenvalue weighted by Crippen LogP contribution is 2.43. The van der Waals surface area contributed by atoms with Gasteiger partial charge >= 0.3 is 7.99 Å². The van der Waals surface area contributed by atoms with Crippen molar-refractivity contribution in [3.05, 3.63) is 0 Å². The Balaban J connectivity index is 0. The molecule has 78 valence electrons. The molecule has 0 aromatic heterocycles. The number of hydrogen-bond acceptors (Lipinski definition) is 3. The van der Waals surface area contributed by atoms with Crippen molar-refractivity contribution in [2.24, 2.45) is 0 Å². The van der Waals surface area contributed by atoms with Crippen LogP contribution >= 0.6 is 7.99 Å². The number of terminal acetylenes is 1. The molecule has 0 aromatic carbocycles. The minimum Gasteiger partial charge on any atom is -0.391 e. The van der Waals surface area contributed by atoms with Crippen molar-refractivity contribution in [3.8, 4) is 12.3 Å². The second-order valence-corrected chi connectivity index (χ2v) is 2.87. The monoisotopic (exact) mass is 216 g/mol. The number of aliphatic hydroxyl groups excluding tert-OH is 1. The Labute approximate surface area is 75.2 Å². The van der Waals surface area contributed by atoms with E-state index < -0.39 is 14.1 Å². The number of hydrogen-bond donors (Lipinski definition) is 2. The maximum absolute atomic E-state index is 10.1. The predicted octanol–water partition coefficient (Wildman–Crippen LogP) is 1.04. The minimum atomic E-state index is -5.64. The largest absolute Gasteiger partial charge is 0.549 e. The molecule has 4 nitrogen and oxygen atoms in total. The van der Waals surface area contributed by atoms with Crippen LogP contribution in [0.5, 0.6) is 0 Å². The van der Waals surface area contributed by atoms with Gasteiger partial charge in [-0.05, 0) is 6.92 Å². The molecule has 0 aliphatic heterocycles. The predicted molar refractivity (Wildman–Crippen MR) is 43.4 cm³/mol. The van der Waals surface area contributed by atoms with Gasteiger partial charge in [0, 0.05) is 0 Å². The van der Waals surface area contributed by atoms with Crippen molar-refractivity contribution in [3.63, 3.8) is 0 Å². The molecular weight excluding hydrogens is 205 g/mol. The zero-order valence-electron chi connectivity index (χ0n) is 6.98. The summed E-state index contributed by atoms with van der Waals surface area (Å²) in [6, 6.07) is 0. The quantitative estimate of drug-likeness (QED) is 0.420. The molecule has 0 fully saturated rings. The van der Waals surface area contributed by atoms with E-state index in [2.05, 4.69) is 5.92 Å². The van der Waals surface area contributed by atoms with Gasteiger partial charge < -0.3 is 9.84 Å². The topological polar surface area (TPSA) is 66.8 Å². The van der Waals surface area contributed by atoms with Crippen LogP contribution in [0.2, 0.25) is 0 Å². The first-order chi connectivity index (χ1) is 5.77. The average molecular weight is 216 g/mol. The van der Waals surface area contributed by atoms with E-state index in [4.69, 9.17) is 25.7 Å². The third kappa shape index (κ3) is 51.0.